The predicted octanol–water partition coefficient (Wildman–Crippen LogP) is 3.91. The molecule has 144 valence electrons. The third-order valence-corrected chi connectivity index (χ3v) is 5.18. The van der Waals surface area contributed by atoms with Crippen LogP contribution in [-0.4, -0.2) is 46.5 Å². The monoisotopic (exact) mass is 387 g/mol. The van der Waals surface area contributed by atoms with E-state index in [0.29, 0.717) is 28.5 Å². The van der Waals surface area contributed by atoms with E-state index < -0.39 is 0 Å². The Morgan fingerprint density at radius 2 is 2.04 bits per heavy atom. The van der Waals surface area contributed by atoms with E-state index >= 15 is 0 Å². The number of pyridine rings is 2. The number of hydrogen-bond acceptors (Lipinski definition) is 5. The SMILES string of the molecule is CC(C)N1CCC(CNc2cccnc2C(=O)Nc2ccc(Cl)cn2)CC1. The number of amides is 1. The summed E-state index contributed by atoms with van der Waals surface area (Å²) in [5.74, 6) is 0.763. The normalized spacial score (nSPS) is 15.7. The van der Waals surface area contributed by atoms with E-state index in [2.05, 4.69) is 39.3 Å². The van der Waals surface area contributed by atoms with E-state index in [-0.39, 0.29) is 5.91 Å². The third-order valence-electron chi connectivity index (χ3n) is 4.95. The van der Waals surface area contributed by atoms with E-state index in [1.807, 2.05) is 12.1 Å². The number of likely N-dealkylation sites (tertiary alicyclic amines) is 1. The second-order valence-corrected chi connectivity index (χ2v) is 7.61. The van der Waals surface area contributed by atoms with Crippen molar-refractivity contribution in [2.24, 2.45) is 5.92 Å². The van der Waals surface area contributed by atoms with Gasteiger partial charge in [0.15, 0.2) is 5.69 Å². The van der Waals surface area contributed by atoms with Crippen molar-refractivity contribution in [3.8, 4) is 0 Å². The average Bonchev–Trinajstić information content (AvgIpc) is 2.68. The molecule has 0 aromatic carbocycles. The maximum atomic E-state index is 12.6. The number of anilines is 2. The maximum Gasteiger partial charge on any atom is 0.277 e. The van der Waals surface area contributed by atoms with Gasteiger partial charge in [-0.05, 0) is 70.0 Å². The van der Waals surface area contributed by atoms with E-state index in [1.54, 1.807) is 18.3 Å². The highest BCUT2D eigenvalue weighted by Gasteiger charge is 2.21. The van der Waals surface area contributed by atoms with Crippen molar-refractivity contribution in [2.75, 3.05) is 30.3 Å². The van der Waals surface area contributed by atoms with Crippen LogP contribution in [0.3, 0.4) is 0 Å². The third kappa shape index (κ3) is 5.40. The van der Waals surface area contributed by atoms with Gasteiger partial charge in [-0.1, -0.05) is 11.6 Å². The minimum atomic E-state index is -0.289. The smallest absolute Gasteiger partial charge is 0.277 e. The Labute approximate surface area is 165 Å². The van der Waals surface area contributed by atoms with E-state index in [1.165, 1.54) is 19.0 Å². The number of piperidine rings is 1. The topological polar surface area (TPSA) is 70.2 Å². The van der Waals surface area contributed by atoms with Gasteiger partial charge < -0.3 is 15.5 Å². The summed E-state index contributed by atoms with van der Waals surface area (Å²) in [5, 5.41) is 6.71. The predicted molar refractivity (Wildman–Crippen MR) is 109 cm³/mol. The summed E-state index contributed by atoms with van der Waals surface area (Å²) in [6, 6.07) is 7.68. The van der Waals surface area contributed by atoms with Crippen molar-refractivity contribution in [3.63, 3.8) is 0 Å². The Bertz CT molecular complexity index is 757. The molecule has 1 saturated heterocycles. The van der Waals surface area contributed by atoms with Crippen LogP contribution in [0.1, 0.15) is 37.2 Å². The molecule has 1 amide bonds. The number of nitrogens with zero attached hydrogens (tertiary/aromatic N) is 3. The Kier molecular flexibility index (Phi) is 6.63. The average molecular weight is 388 g/mol. The first-order chi connectivity index (χ1) is 13.0. The molecule has 1 fully saturated rings. The molecular formula is C20H26ClN5O. The Hall–Kier alpha value is -2.18. The molecule has 3 rings (SSSR count). The summed E-state index contributed by atoms with van der Waals surface area (Å²) in [6.45, 7) is 7.60. The van der Waals surface area contributed by atoms with Crippen LogP contribution in [0.5, 0.6) is 0 Å². The van der Waals surface area contributed by atoms with Gasteiger partial charge in [0.1, 0.15) is 5.82 Å². The van der Waals surface area contributed by atoms with Crippen LogP contribution in [0, 0.1) is 5.92 Å². The standard InChI is InChI=1S/C20H26ClN5O/c1-14(2)26-10-7-15(8-11-26)12-23-17-4-3-9-22-19(17)20(27)25-18-6-5-16(21)13-24-18/h3-6,9,13-15,23H,7-8,10-12H2,1-2H3,(H,24,25,27). The summed E-state index contributed by atoms with van der Waals surface area (Å²) in [6.07, 6.45) is 5.46. The number of rotatable bonds is 6. The van der Waals surface area contributed by atoms with Gasteiger partial charge in [0.05, 0.1) is 10.7 Å². The van der Waals surface area contributed by atoms with Gasteiger partial charge in [0, 0.05) is 25.0 Å². The number of carbonyl (C=O) groups excluding carboxylic acids is 1. The van der Waals surface area contributed by atoms with Crippen molar-refractivity contribution >= 4 is 29.0 Å². The van der Waals surface area contributed by atoms with Gasteiger partial charge in [0.2, 0.25) is 0 Å². The molecule has 0 atom stereocenters. The van der Waals surface area contributed by atoms with Crippen molar-refractivity contribution in [1.29, 1.82) is 0 Å². The molecule has 1 aliphatic heterocycles. The van der Waals surface area contributed by atoms with Crippen LogP contribution in [0.25, 0.3) is 0 Å². The first-order valence-corrected chi connectivity index (χ1v) is 9.76. The van der Waals surface area contributed by atoms with Crippen LogP contribution < -0.4 is 10.6 Å². The number of halogens is 1. The molecule has 0 spiro atoms. The Morgan fingerprint density at radius 1 is 1.26 bits per heavy atom. The maximum absolute atomic E-state index is 12.6. The summed E-state index contributed by atoms with van der Waals surface area (Å²) in [4.78, 5) is 23.5. The fourth-order valence-corrected chi connectivity index (χ4v) is 3.39. The quantitative estimate of drug-likeness (QED) is 0.786. The molecule has 6 nitrogen and oxygen atoms in total. The van der Waals surface area contributed by atoms with E-state index in [4.69, 9.17) is 11.6 Å². The second kappa shape index (κ2) is 9.15. The van der Waals surface area contributed by atoms with Crippen LogP contribution in [0.4, 0.5) is 11.5 Å². The molecule has 0 saturated carbocycles. The van der Waals surface area contributed by atoms with Crippen molar-refractivity contribution in [1.82, 2.24) is 14.9 Å². The van der Waals surface area contributed by atoms with Gasteiger partial charge in [0.25, 0.3) is 5.91 Å². The first-order valence-electron chi connectivity index (χ1n) is 9.39. The van der Waals surface area contributed by atoms with E-state index in [0.717, 1.165) is 25.3 Å². The molecule has 0 bridgehead atoms. The molecule has 1 aliphatic rings. The molecule has 0 radical (unpaired) electrons. The minimum Gasteiger partial charge on any atom is -0.383 e. The number of carbonyl (C=O) groups is 1. The highest BCUT2D eigenvalue weighted by molar-refractivity contribution is 6.30. The molecule has 3 heterocycles. The van der Waals surface area contributed by atoms with Gasteiger partial charge in [-0.2, -0.15) is 0 Å². The molecule has 27 heavy (non-hydrogen) atoms. The first kappa shape index (κ1) is 19.6. The Morgan fingerprint density at radius 3 is 2.70 bits per heavy atom. The Balaban J connectivity index is 1.59. The minimum absolute atomic E-state index is 0.289. The summed E-state index contributed by atoms with van der Waals surface area (Å²) in [7, 11) is 0. The molecule has 0 aliphatic carbocycles. The van der Waals surface area contributed by atoms with Crippen LogP contribution >= 0.6 is 11.6 Å². The molecule has 2 aromatic rings. The van der Waals surface area contributed by atoms with Crippen LogP contribution in [0.15, 0.2) is 36.7 Å². The van der Waals surface area contributed by atoms with Crippen molar-refractivity contribution in [3.05, 3.63) is 47.4 Å². The fraction of sp³-hybridized carbons (Fsp3) is 0.450. The van der Waals surface area contributed by atoms with Gasteiger partial charge in [-0.3, -0.25) is 4.79 Å². The highest BCUT2D eigenvalue weighted by atomic mass is 35.5. The lowest BCUT2D eigenvalue weighted by molar-refractivity contribution is 0.102. The number of aromatic nitrogens is 2. The van der Waals surface area contributed by atoms with E-state index in [9.17, 15) is 4.79 Å². The summed E-state index contributed by atoms with van der Waals surface area (Å²) < 4.78 is 0. The van der Waals surface area contributed by atoms with Gasteiger partial charge >= 0.3 is 0 Å². The van der Waals surface area contributed by atoms with Gasteiger partial charge in [-0.25, -0.2) is 9.97 Å². The lowest BCUT2D eigenvalue weighted by Crippen LogP contribution is -2.39. The number of hydrogen-bond donors (Lipinski definition) is 2. The molecule has 0 unspecified atom stereocenters. The second-order valence-electron chi connectivity index (χ2n) is 7.17. The molecule has 2 N–H and O–H groups in total. The highest BCUT2D eigenvalue weighted by Crippen LogP contribution is 2.21. The van der Waals surface area contributed by atoms with Crippen LogP contribution in [-0.2, 0) is 0 Å². The fourth-order valence-electron chi connectivity index (χ4n) is 3.28. The largest absolute Gasteiger partial charge is 0.383 e. The summed E-state index contributed by atoms with van der Waals surface area (Å²) in [5.41, 5.74) is 1.11. The lowest BCUT2D eigenvalue weighted by atomic mass is 9.96. The van der Waals surface area contributed by atoms with Crippen LogP contribution in [0.2, 0.25) is 5.02 Å². The summed E-state index contributed by atoms with van der Waals surface area (Å²) >= 11 is 5.83. The molecule has 7 heteroatoms. The molecular weight excluding hydrogens is 362 g/mol. The molecule has 2 aromatic heterocycles. The van der Waals surface area contributed by atoms with Crippen molar-refractivity contribution < 1.29 is 4.79 Å². The zero-order valence-electron chi connectivity index (χ0n) is 15.8. The zero-order chi connectivity index (χ0) is 19.2. The number of nitrogens with one attached hydrogen (secondary N) is 2. The van der Waals surface area contributed by atoms with Crippen molar-refractivity contribution in [2.45, 2.75) is 32.7 Å². The van der Waals surface area contributed by atoms with Gasteiger partial charge in [-0.15, -0.1) is 0 Å². The zero-order valence-corrected chi connectivity index (χ0v) is 16.5. The lowest BCUT2D eigenvalue weighted by Gasteiger charge is -2.34.